The van der Waals surface area contributed by atoms with Crippen LogP contribution in [0.5, 0.6) is 5.75 Å². The van der Waals surface area contributed by atoms with Gasteiger partial charge in [-0.3, -0.25) is 0 Å². The van der Waals surface area contributed by atoms with Crippen molar-refractivity contribution in [2.24, 2.45) is 17.3 Å². The minimum absolute atomic E-state index is 0.137. The van der Waals surface area contributed by atoms with E-state index in [9.17, 15) is 5.11 Å². The predicted molar refractivity (Wildman–Crippen MR) is 114 cm³/mol. The summed E-state index contributed by atoms with van der Waals surface area (Å²) < 4.78 is 5.85. The molecule has 0 bridgehead atoms. The van der Waals surface area contributed by atoms with Crippen LogP contribution in [0, 0.1) is 17.3 Å². The van der Waals surface area contributed by atoms with Crippen molar-refractivity contribution in [3.63, 3.8) is 0 Å². The molecule has 1 aliphatic rings. The number of hydrogen-bond donors (Lipinski definition) is 1. The van der Waals surface area contributed by atoms with E-state index in [2.05, 4.69) is 65.5 Å². The van der Waals surface area contributed by atoms with E-state index >= 15 is 0 Å². The normalized spacial score (nSPS) is 23.3. The Morgan fingerprint density at radius 3 is 2.11 bits per heavy atom. The standard InChI is InChI=1S/C24H41NO2/c1-18-12-19(2)14-25(13-18)15-21(26)16-27-22-10-8-20(9-11-22)24(6,7)17-23(3,4)5/h8-11,18-19,21,26H,12-17H2,1-7H3/t18-,19+,21-/m0/s1. The van der Waals surface area contributed by atoms with Crippen LogP contribution in [0.15, 0.2) is 24.3 Å². The van der Waals surface area contributed by atoms with Crippen LogP contribution in [0.1, 0.15) is 66.9 Å². The summed E-state index contributed by atoms with van der Waals surface area (Å²) in [7, 11) is 0. The Morgan fingerprint density at radius 2 is 1.59 bits per heavy atom. The van der Waals surface area contributed by atoms with Crippen LogP contribution in [0.2, 0.25) is 0 Å². The summed E-state index contributed by atoms with van der Waals surface area (Å²) in [6, 6.07) is 8.41. The second kappa shape index (κ2) is 8.96. The van der Waals surface area contributed by atoms with Crippen LogP contribution >= 0.6 is 0 Å². The highest BCUT2D eigenvalue weighted by molar-refractivity contribution is 5.31. The van der Waals surface area contributed by atoms with Gasteiger partial charge >= 0.3 is 0 Å². The number of rotatable bonds is 7. The number of aliphatic hydroxyl groups is 1. The minimum Gasteiger partial charge on any atom is -0.491 e. The van der Waals surface area contributed by atoms with Crippen LogP contribution in [-0.2, 0) is 5.41 Å². The molecule has 0 unspecified atom stereocenters. The molecule has 0 amide bonds. The Hall–Kier alpha value is -1.06. The van der Waals surface area contributed by atoms with Gasteiger partial charge in [-0.2, -0.15) is 0 Å². The van der Waals surface area contributed by atoms with Crippen molar-refractivity contribution in [3.8, 4) is 5.75 Å². The van der Waals surface area contributed by atoms with Gasteiger partial charge in [-0.15, -0.1) is 0 Å². The molecule has 0 saturated carbocycles. The molecule has 3 nitrogen and oxygen atoms in total. The van der Waals surface area contributed by atoms with Gasteiger partial charge in [0.05, 0.1) is 0 Å². The molecular weight excluding hydrogens is 334 g/mol. The molecule has 1 aromatic rings. The van der Waals surface area contributed by atoms with Crippen LogP contribution in [0.25, 0.3) is 0 Å². The third-order valence-corrected chi connectivity index (χ3v) is 5.46. The number of nitrogens with zero attached hydrogens (tertiary/aromatic N) is 1. The highest BCUT2D eigenvalue weighted by Gasteiger charge is 2.27. The summed E-state index contributed by atoms with van der Waals surface area (Å²) in [6.07, 6.45) is 1.98. The van der Waals surface area contributed by atoms with Gasteiger partial charge in [0.25, 0.3) is 0 Å². The Morgan fingerprint density at radius 1 is 1.04 bits per heavy atom. The van der Waals surface area contributed by atoms with Gasteiger partial charge in [0, 0.05) is 19.6 Å². The van der Waals surface area contributed by atoms with Gasteiger partial charge in [0.1, 0.15) is 18.5 Å². The van der Waals surface area contributed by atoms with Crippen molar-refractivity contribution in [3.05, 3.63) is 29.8 Å². The van der Waals surface area contributed by atoms with Gasteiger partial charge in [-0.05, 0) is 53.2 Å². The molecule has 0 aromatic heterocycles. The van der Waals surface area contributed by atoms with Gasteiger partial charge in [0.15, 0.2) is 0 Å². The first-order valence-electron chi connectivity index (χ1n) is 10.6. The van der Waals surface area contributed by atoms with Crippen LogP contribution in [0.3, 0.4) is 0 Å². The number of likely N-dealkylation sites (tertiary alicyclic amines) is 1. The fourth-order valence-corrected chi connectivity index (χ4v) is 4.91. The molecular formula is C24H41NO2. The second-order valence-electron chi connectivity index (χ2n) is 10.8. The van der Waals surface area contributed by atoms with Crippen molar-refractivity contribution in [1.82, 2.24) is 4.90 Å². The number of aliphatic hydroxyl groups excluding tert-OH is 1. The van der Waals surface area contributed by atoms with E-state index in [1.54, 1.807) is 0 Å². The highest BCUT2D eigenvalue weighted by atomic mass is 16.5. The van der Waals surface area contributed by atoms with Gasteiger partial charge in [-0.1, -0.05) is 60.6 Å². The van der Waals surface area contributed by atoms with Crippen molar-refractivity contribution >= 4 is 0 Å². The Bertz CT molecular complexity index is 563. The third-order valence-electron chi connectivity index (χ3n) is 5.46. The summed E-state index contributed by atoms with van der Waals surface area (Å²) >= 11 is 0. The lowest BCUT2D eigenvalue weighted by atomic mass is 9.72. The first kappa shape index (κ1) is 22.2. The monoisotopic (exact) mass is 375 g/mol. The minimum atomic E-state index is -0.445. The maximum Gasteiger partial charge on any atom is 0.119 e. The van der Waals surface area contributed by atoms with Gasteiger partial charge in [-0.25, -0.2) is 0 Å². The number of β-amino-alcohol motifs (C(OH)–C–C–N with tert-alkyl or cyclic N) is 1. The molecule has 2 rings (SSSR count). The van der Waals surface area contributed by atoms with Crippen LogP contribution < -0.4 is 4.74 Å². The van der Waals surface area contributed by atoms with Gasteiger partial charge in [0.2, 0.25) is 0 Å². The Balaban J connectivity index is 1.84. The fraction of sp³-hybridized carbons (Fsp3) is 0.750. The van der Waals surface area contributed by atoms with Crippen LogP contribution in [-0.4, -0.2) is 42.4 Å². The molecule has 1 aliphatic heterocycles. The quantitative estimate of drug-likeness (QED) is 0.718. The van der Waals surface area contributed by atoms with E-state index in [0.29, 0.717) is 30.4 Å². The lowest BCUT2D eigenvalue weighted by molar-refractivity contribution is 0.0429. The first-order chi connectivity index (χ1) is 12.4. The maximum atomic E-state index is 10.4. The molecule has 0 spiro atoms. The molecule has 3 heteroatoms. The van der Waals surface area contributed by atoms with E-state index in [0.717, 1.165) is 25.3 Å². The summed E-state index contributed by atoms with van der Waals surface area (Å²) in [5.74, 6) is 2.27. The average Bonchev–Trinajstić information content (AvgIpc) is 2.50. The van der Waals surface area contributed by atoms with E-state index < -0.39 is 6.10 Å². The number of ether oxygens (including phenoxy) is 1. The lowest BCUT2D eigenvalue weighted by Gasteiger charge is -2.36. The highest BCUT2D eigenvalue weighted by Crippen LogP contribution is 2.36. The molecule has 3 atom stereocenters. The van der Waals surface area contributed by atoms with Crippen molar-refractivity contribution < 1.29 is 9.84 Å². The maximum absolute atomic E-state index is 10.4. The molecule has 0 aliphatic carbocycles. The summed E-state index contributed by atoms with van der Waals surface area (Å²) in [5, 5.41) is 10.4. The van der Waals surface area contributed by atoms with E-state index in [4.69, 9.17) is 4.74 Å². The molecule has 0 radical (unpaired) electrons. The Labute approximate surface area is 167 Å². The number of benzene rings is 1. The second-order valence-corrected chi connectivity index (χ2v) is 10.8. The summed E-state index contributed by atoms with van der Waals surface area (Å²) in [6.45, 7) is 19.3. The topological polar surface area (TPSA) is 32.7 Å². The van der Waals surface area contributed by atoms with Crippen molar-refractivity contribution in [1.29, 1.82) is 0 Å². The van der Waals surface area contributed by atoms with Gasteiger partial charge < -0.3 is 14.7 Å². The van der Waals surface area contributed by atoms with E-state index in [1.807, 2.05) is 12.1 Å². The predicted octanol–water partition coefficient (Wildman–Crippen LogP) is 5.12. The molecule has 1 heterocycles. The summed E-state index contributed by atoms with van der Waals surface area (Å²) in [4.78, 5) is 2.38. The smallest absolute Gasteiger partial charge is 0.119 e. The van der Waals surface area contributed by atoms with Crippen LogP contribution in [0.4, 0.5) is 0 Å². The number of piperidine rings is 1. The third kappa shape index (κ3) is 7.46. The molecule has 1 saturated heterocycles. The SMILES string of the molecule is C[C@@H]1C[C@H](C)CN(C[C@H](O)COc2ccc(C(C)(C)CC(C)(C)C)cc2)C1. The Kier molecular flexibility index (Phi) is 7.38. The van der Waals surface area contributed by atoms with Crippen molar-refractivity contribution in [2.45, 2.75) is 72.8 Å². The molecule has 1 N–H and O–H groups in total. The average molecular weight is 376 g/mol. The zero-order chi connectivity index (χ0) is 20.2. The fourth-order valence-electron chi connectivity index (χ4n) is 4.91. The van der Waals surface area contributed by atoms with Crippen molar-refractivity contribution in [2.75, 3.05) is 26.2 Å². The molecule has 1 aromatic carbocycles. The first-order valence-corrected chi connectivity index (χ1v) is 10.6. The summed E-state index contributed by atoms with van der Waals surface area (Å²) in [5.41, 5.74) is 1.77. The lowest BCUT2D eigenvalue weighted by Crippen LogP contribution is -2.44. The van der Waals surface area contributed by atoms with E-state index in [1.165, 1.54) is 12.0 Å². The zero-order valence-corrected chi connectivity index (χ0v) is 18.6. The largest absolute Gasteiger partial charge is 0.491 e. The molecule has 27 heavy (non-hydrogen) atoms. The molecule has 1 fully saturated rings. The molecule has 154 valence electrons. The van der Waals surface area contributed by atoms with E-state index in [-0.39, 0.29) is 5.41 Å². The zero-order valence-electron chi connectivity index (χ0n) is 18.6. The number of hydrogen-bond acceptors (Lipinski definition) is 3.